The van der Waals surface area contributed by atoms with E-state index >= 15 is 0 Å². The van der Waals surface area contributed by atoms with E-state index in [9.17, 15) is 13.2 Å². The molecule has 0 saturated heterocycles. The molecule has 1 N–H and O–H groups in total. The van der Waals surface area contributed by atoms with Gasteiger partial charge in [-0.1, -0.05) is 37.6 Å². The van der Waals surface area contributed by atoms with Crippen LogP contribution in [-0.2, 0) is 10.0 Å². The summed E-state index contributed by atoms with van der Waals surface area (Å²) in [5, 5.41) is 3.92. The van der Waals surface area contributed by atoms with Crippen molar-refractivity contribution in [3.8, 4) is 5.75 Å². The first-order valence-electron chi connectivity index (χ1n) is 10.9. The molecule has 0 spiro atoms. The maximum absolute atomic E-state index is 13.2. The van der Waals surface area contributed by atoms with Crippen molar-refractivity contribution in [3.63, 3.8) is 0 Å². The Balaban J connectivity index is 1.57. The zero-order valence-corrected chi connectivity index (χ0v) is 22.1. The van der Waals surface area contributed by atoms with Crippen LogP contribution in [-0.4, -0.2) is 28.5 Å². The molecular formula is C26H25ClN2O4S2. The highest BCUT2D eigenvalue weighted by atomic mass is 35.5. The van der Waals surface area contributed by atoms with E-state index in [2.05, 4.69) is 19.2 Å². The maximum Gasteiger partial charge on any atom is 0.265 e. The molecule has 3 aromatic carbocycles. The summed E-state index contributed by atoms with van der Waals surface area (Å²) >= 11 is 7.48. The van der Waals surface area contributed by atoms with Crippen LogP contribution < -0.4 is 14.4 Å². The Morgan fingerprint density at radius 1 is 1.03 bits per heavy atom. The van der Waals surface area contributed by atoms with Gasteiger partial charge >= 0.3 is 0 Å². The molecule has 0 saturated carbocycles. The number of benzene rings is 3. The maximum atomic E-state index is 13.2. The molecule has 0 radical (unpaired) electrons. The Labute approximate surface area is 214 Å². The molecule has 1 amide bonds. The smallest absolute Gasteiger partial charge is 0.265 e. The number of fused-ring (bicyclic) bond motifs is 1. The second kappa shape index (κ2) is 9.89. The SMILES string of the molecule is COc1ccc(S(=O)(=O)N(C)c2ccc3sc(C(=O)Nc4ccc(C(C)C)cc4)cc3c2)cc1Cl. The van der Waals surface area contributed by atoms with Crippen LogP contribution in [0.15, 0.2) is 71.6 Å². The van der Waals surface area contributed by atoms with Gasteiger partial charge in [0.05, 0.1) is 27.6 Å². The van der Waals surface area contributed by atoms with Crippen LogP contribution in [0.5, 0.6) is 5.75 Å². The monoisotopic (exact) mass is 528 g/mol. The largest absolute Gasteiger partial charge is 0.495 e. The van der Waals surface area contributed by atoms with Crippen molar-refractivity contribution >= 4 is 60.3 Å². The fraction of sp³-hybridized carbons (Fsp3) is 0.192. The summed E-state index contributed by atoms with van der Waals surface area (Å²) < 4.78 is 33.5. The lowest BCUT2D eigenvalue weighted by Gasteiger charge is -2.20. The van der Waals surface area contributed by atoms with E-state index in [4.69, 9.17) is 16.3 Å². The summed E-state index contributed by atoms with van der Waals surface area (Å²) in [6.45, 7) is 4.24. The van der Waals surface area contributed by atoms with Crippen molar-refractivity contribution in [3.05, 3.63) is 82.2 Å². The third kappa shape index (κ3) is 5.15. The van der Waals surface area contributed by atoms with E-state index in [-0.39, 0.29) is 15.8 Å². The van der Waals surface area contributed by atoms with E-state index in [1.54, 1.807) is 18.2 Å². The molecule has 4 aromatic rings. The lowest BCUT2D eigenvalue weighted by molar-refractivity contribution is 0.103. The molecule has 0 atom stereocenters. The summed E-state index contributed by atoms with van der Waals surface area (Å²) in [5.41, 5.74) is 2.40. The molecule has 0 aliphatic carbocycles. The quantitative estimate of drug-likeness (QED) is 0.287. The minimum Gasteiger partial charge on any atom is -0.495 e. The summed E-state index contributed by atoms with van der Waals surface area (Å²) in [6, 6.07) is 19.2. The van der Waals surface area contributed by atoms with Crippen LogP contribution in [0.2, 0.25) is 5.02 Å². The lowest BCUT2D eigenvalue weighted by atomic mass is 10.0. The summed E-state index contributed by atoms with van der Waals surface area (Å²) in [6.07, 6.45) is 0. The summed E-state index contributed by atoms with van der Waals surface area (Å²) in [5.74, 6) is 0.605. The number of carbonyl (C=O) groups excluding carboxylic acids is 1. The zero-order chi connectivity index (χ0) is 25.3. The van der Waals surface area contributed by atoms with Crippen LogP contribution in [0, 0.1) is 0 Å². The van der Waals surface area contributed by atoms with Gasteiger partial charge in [-0.2, -0.15) is 0 Å². The standard InChI is InChI=1S/C26H25ClN2O4S2/c1-16(2)17-5-7-19(8-6-17)28-26(30)25-14-18-13-20(9-12-24(18)34-25)29(3)35(31,32)21-10-11-23(33-4)22(27)15-21/h5-16H,1-4H3,(H,28,30). The third-order valence-corrected chi connectivity index (χ3v) is 8.90. The highest BCUT2D eigenvalue weighted by Crippen LogP contribution is 2.33. The van der Waals surface area contributed by atoms with Gasteiger partial charge in [-0.3, -0.25) is 9.10 Å². The van der Waals surface area contributed by atoms with Gasteiger partial charge in [0, 0.05) is 17.4 Å². The van der Waals surface area contributed by atoms with E-state index < -0.39 is 10.0 Å². The topological polar surface area (TPSA) is 75.7 Å². The third-order valence-electron chi connectivity index (χ3n) is 5.70. The summed E-state index contributed by atoms with van der Waals surface area (Å²) in [4.78, 5) is 13.4. The molecule has 0 aliphatic rings. The molecule has 0 unspecified atom stereocenters. The molecule has 0 bridgehead atoms. The normalized spacial score (nSPS) is 11.6. The number of nitrogens with one attached hydrogen (secondary N) is 1. The van der Waals surface area contributed by atoms with Crippen molar-refractivity contribution in [2.75, 3.05) is 23.8 Å². The Kier molecular flexibility index (Phi) is 7.07. The van der Waals surface area contributed by atoms with Crippen molar-refractivity contribution in [2.45, 2.75) is 24.7 Å². The van der Waals surface area contributed by atoms with Crippen molar-refractivity contribution in [2.24, 2.45) is 0 Å². The highest BCUT2D eigenvalue weighted by Gasteiger charge is 2.23. The number of rotatable bonds is 7. The van der Waals surface area contributed by atoms with Crippen molar-refractivity contribution in [1.82, 2.24) is 0 Å². The van der Waals surface area contributed by atoms with Gasteiger partial charge in [0.15, 0.2) is 0 Å². The molecular weight excluding hydrogens is 504 g/mol. The number of halogens is 1. The first-order chi connectivity index (χ1) is 16.6. The predicted molar refractivity (Wildman–Crippen MR) is 144 cm³/mol. The van der Waals surface area contributed by atoms with Gasteiger partial charge < -0.3 is 10.1 Å². The average molecular weight is 529 g/mol. The first kappa shape index (κ1) is 25.0. The van der Waals surface area contributed by atoms with Crippen molar-refractivity contribution in [1.29, 1.82) is 0 Å². The van der Waals surface area contributed by atoms with Crippen LogP contribution >= 0.6 is 22.9 Å². The van der Waals surface area contributed by atoms with Gasteiger partial charge in [0.1, 0.15) is 5.75 Å². The average Bonchev–Trinajstić information content (AvgIpc) is 3.27. The minimum atomic E-state index is -3.85. The number of methoxy groups -OCH3 is 1. The van der Waals surface area contributed by atoms with E-state index in [1.165, 1.54) is 53.6 Å². The molecule has 6 nitrogen and oxygen atoms in total. The Morgan fingerprint density at radius 3 is 2.37 bits per heavy atom. The van der Waals surface area contributed by atoms with Crippen LogP contribution in [0.25, 0.3) is 10.1 Å². The summed E-state index contributed by atoms with van der Waals surface area (Å²) in [7, 11) is -0.902. The molecule has 1 aromatic heterocycles. The van der Waals surface area contributed by atoms with Gasteiger partial charge in [-0.15, -0.1) is 11.3 Å². The van der Waals surface area contributed by atoms with E-state index in [0.29, 0.717) is 22.2 Å². The fourth-order valence-electron chi connectivity index (χ4n) is 3.59. The van der Waals surface area contributed by atoms with Crippen LogP contribution in [0.3, 0.4) is 0 Å². The predicted octanol–water partition coefficient (Wildman–Crippen LogP) is 6.76. The number of hydrogen-bond acceptors (Lipinski definition) is 5. The first-order valence-corrected chi connectivity index (χ1v) is 13.5. The highest BCUT2D eigenvalue weighted by molar-refractivity contribution is 7.92. The van der Waals surface area contributed by atoms with E-state index in [1.807, 2.05) is 30.3 Å². The Morgan fingerprint density at radius 2 is 1.74 bits per heavy atom. The number of amides is 1. The second-order valence-corrected chi connectivity index (χ2v) is 11.8. The number of carbonyl (C=O) groups is 1. The fourth-order valence-corrected chi connectivity index (χ4v) is 6.06. The number of anilines is 2. The van der Waals surface area contributed by atoms with Gasteiger partial charge in [0.2, 0.25) is 0 Å². The zero-order valence-electron chi connectivity index (χ0n) is 19.7. The number of sulfonamides is 1. The Bertz CT molecular complexity index is 1500. The molecule has 0 aliphatic heterocycles. The molecule has 9 heteroatoms. The number of hydrogen-bond donors (Lipinski definition) is 1. The molecule has 35 heavy (non-hydrogen) atoms. The molecule has 182 valence electrons. The number of nitrogens with zero attached hydrogens (tertiary/aromatic N) is 1. The lowest BCUT2D eigenvalue weighted by Crippen LogP contribution is -2.26. The van der Waals surface area contributed by atoms with E-state index in [0.717, 1.165) is 15.8 Å². The molecule has 1 heterocycles. The van der Waals surface area contributed by atoms with Crippen molar-refractivity contribution < 1.29 is 17.9 Å². The van der Waals surface area contributed by atoms with Gasteiger partial charge in [-0.05, 0) is 71.5 Å². The van der Waals surface area contributed by atoms with Gasteiger partial charge in [0.25, 0.3) is 15.9 Å². The van der Waals surface area contributed by atoms with Crippen LogP contribution in [0.4, 0.5) is 11.4 Å². The second-order valence-electron chi connectivity index (χ2n) is 8.33. The minimum absolute atomic E-state index is 0.0553. The number of ether oxygens (including phenoxy) is 1. The number of thiophene rings is 1. The molecule has 0 fully saturated rings. The Hall–Kier alpha value is -3.07. The van der Waals surface area contributed by atoms with Gasteiger partial charge in [-0.25, -0.2) is 8.42 Å². The molecule has 4 rings (SSSR count). The van der Waals surface area contributed by atoms with Crippen LogP contribution in [0.1, 0.15) is 35.0 Å².